The summed E-state index contributed by atoms with van der Waals surface area (Å²) in [6.45, 7) is 5.57. The van der Waals surface area contributed by atoms with Crippen LogP contribution < -0.4 is 5.32 Å². The Kier molecular flexibility index (Phi) is 6.21. The molecule has 1 aliphatic rings. The topological polar surface area (TPSA) is 78.4 Å². The first kappa shape index (κ1) is 18.8. The highest BCUT2D eigenvalue weighted by Crippen LogP contribution is 2.25. The smallest absolute Gasteiger partial charge is 0.323 e. The van der Waals surface area contributed by atoms with Gasteiger partial charge >= 0.3 is 6.03 Å². The van der Waals surface area contributed by atoms with Gasteiger partial charge in [0.25, 0.3) is 0 Å². The second-order valence-corrected chi connectivity index (χ2v) is 7.99. The zero-order chi connectivity index (χ0) is 18.5. The fourth-order valence-electron chi connectivity index (χ4n) is 3.31. The molecule has 1 atom stereocenters. The number of carbonyl (C=O) groups is 1. The van der Waals surface area contributed by atoms with Crippen molar-refractivity contribution in [1.29, 1.82) is 0 Å². The zero-order valence-electron chi connectivity index (χ0n) is 15.3. The third-order valence-corrected chi connectivity index (χ3v) is 5.39. The van der Waals surface area contributed by atoms with Gasteiger partial charge in [0, 0.05) is 30.2 Å². The van der Waals surface area contributed by atoms with Gasteiger partial charge in [-0.15, -0.1) is 0 Å². The molecule has 6 nitrogen and oxygen atoms in total. The van der Waals surface area contributed by atoms with E-state index in [0.717, 1.165) is 24.8 Å². The molecule has 0 spiro atoms. The number of aliphatic hydroxyl groups is 1. The van der Waals surface area contributed by atoms with Crippen LogP contribution in [0.4, 0.5) is 9.93 Å². The molecule has 1 aromatic heterocycles. The van der Waals surface area contributed by atoms with Crippen LogP contribution >= 0.6 is 11.5 Å². The van der Waals surface area contributed by atoms with Gasteiger partial charge < -0.3 is 10.0 Å². The average molecular weight is 375 g/mol. The molecule has 140 valence electrons. The second kappa shape index (κ2) is 8.60. The molecule has 1 aromatic carbocycles. The van der Waals surface area contributed by atoms with Gasteiger partial charge in [0.15, 0.2) is 5.82 Å². The first-order valence-corrected chi connectivity index (χ1v) is 9.93. The van der Waals surface area contributed by atoms with Crippen molar-refractivity contribution in [3.63, 3.8) is 0 Å². The summed E-state index contributed by atoms with van der Waals surface area (Å²) in [6, 6.07) is 9.57. The maximum Gasteiger partial charge on any atom is 0.323 e. The molecule has 1 saturated heterocycles. The van der Waals surface area contributed by atoms with Gasteiger partial charge in [-0.05, 0) is 31.1 Å². The van der Waals surface area contributed by atoms with Crippen molar-refractivity contribution >= 4 is 22.7 Å². The molecule has 3 rings (SSSR count). The summed E-state index contributed by atoms with van der Waals surface area (Å²) in [5.41, 5.74) is 0.934. The Morgan fingerprint density at radius 1 is 1.31 bits per heavy atom. The van der Waals surface area contributed by atoms with Crippen molar-refractivity contribution in [3.8, 4) is 11.4 Å². The Morgan fingerprint density at radius 2 is 2.00 bits per heavy atom. The van der Waals surface area contributed by atoms with Gasteiger partial charge in [0.2, 0.25) is 5.13 Å². The van der Waals surface area contributed by atoms with E-state index in [-0.39, 0.29) is 18.1 Å². The molecule has 1 unspecified atom stereocenters. The Balaban J connectivity index is 1.51. The minimum Gasteiger partial charge on any atom is -0.393 e. The first-order chi connectivity index (χ1) is 12.5. The van der Waals surface area contributed by atoms with E-state index in [1.165, 1.54) is 11.5 Å². The Bertz CT molecular complexity index is 711. The van der Waals surface area contributed by atoms with E-state index in [9.17, 15) is 9.90 Å². The number of aliphatic hydroxyl groups excluding tert-OH is 1. The van der Waals surface area contributed by atoms with Crippen LogP contribution in [0.25, 0.3) is 11.4 Å². The predicted octanol–water partition coefficient (Wildman–Crippen LogP) is 3.86. The summed E-state index contributed by atoms with van der Waals surface area (Å²) in [7, 11) is 0. The number of carbonyl (C=O) groups excluding carboxylic acids is 1. The van der Waals surface area contributed by atoms with Crippen LogP contribution in [0.15, 0.2) is 30.3 Å². The highest BCUT2D eigenvalue weighted by atomic mass is 32.1. The fraction of sp³-hybridized carbons (Fsp3) is 0.526. The molecule has 0 aliphatic carbocycles. The lowest BCUT2D eigenvalue weighted by molar-refractivity contribution is 0.0534. The standard InChI is InChI=1S/C19H26N4O2S/c1-13(2)12-16(24)14-8-10-23(11-9-14)19(25)21-18-20-17(22-26-18)15-6-4-3-5-7-15/h3-7,13-14,16,24H,8-12H2,1-2H3,(H,20,21,22,25). The second-order valence-electron chi connectivity index (χ2n) is 7.24. The number of urea groups is 1. The highest BCUT2D eigenvalue weighted by molar-refractivity contribution is 7.10. The lowest BCUT2D eigenvalue weighted by Gasteiger charge is -2.34. The molecule has 2 heterocycles. The van der Waals surface area contributed by atoms with E-state index >= 15 is 0 Å². The van der Waals surface area contributed by atoms with Gasteiger partial charge in [-0.3, -0.25) is 5.32 Å². The molecule has 0 saturated carbocycles. The van der Waals surface area contributed by atoms with Crippen molar-refractivity contribution in [1.82, 2.24) is 14.3 Å². The molecule has 7 heteroatoms. The van der Waals surface area contributed by atoms with Gasteiger partial charge in [0.1, 0.15) is 0 Å². The minimum atomic E-state index is -0.267. The lowest BCUT2D eigenvalue weighted by atomic mass is 9.87. The van der Waals surface area contributed by atoms with E-state index in [4.69, 9.17) is 0 Å². The van der Waals surface area contributed by atoms with Crippen molar-refractivity contribution in [2.24, 2.45) is 11.8 Å². The normalized spacial score (nSPS) is 16.7. The molecule has 0 radical (unpaired) electrons. The largest absolute Gasteiger partial charge is 0.393 e. The fourth-order valence-corrected chi connectivity index (χ4v) is 3.89. The van der Waals surface area contributed by atoms with Crippen molar-refractivity contribution in [2.75, 3.05) is 18.4 Å². The number of anilines is 1. The van der Waals surface area contributed by atoms with Crippen molar-refractivity contribution in [3.05, 3.63) is 30.3 Å². The van der Waals surface area contributed by atoms with E-state index in [0.29, 0.717) is 30.0 Å². The summed E-state index contributed by atoms with van der Waals surface area (Å²) in [4.78, 5) is 18.7. The molecule has 0 bridgehead atoms. The van der Waals surface area contributed by atoms with Crippen LogP contribution in [-0.2, 0) is 0 Å². The third kappa shape index (κ3) is 4.80. The van der Waals surface area contributed by atoms with E-state index in [2.05, 4.69) is 28.5 Å². The van der Waals surface area contributed by atoms with E-state index in [1.54, 1.807) is 4.90 Å². The van der Waals surface area contributed by atoms with Crippen LogP contribution in [0.1, 0.15) is 33.1 Å². The molecule has 1 aliphatic heterocycles. The Hall–Kier alpha value is -1.99. The minimum absolute atomic E-state index is 0.141. The highest BCUT2D eigenvalue weighted by Gasteiger charge is 2.28. The number of hydrogen-bond acceptors (Lipinski definition) is 5. The van der Waals surface area contributed by atoms with Gasteiger partial charge in [-0.25, -0.2) is 4.79 Å². The number of benzene rings is 1. The number of nitrogens with one attached hydrogen (secondary N) is 1. The quantitative estimate of drug-likeness (QED) is 0.833. The van der Waals surface area contributed by atoms with Crippen molar-refractivity contribution < 1.29 is 9.90 Å². The van der Waals surface area contributed by atoms with E-state index in [1.807, 2.05) is 30.3 Å². The number of piperidine rings is 1. The van der Waals surface area contributed by atoms with Gasteiger partial charge in [0.05, 0.1) is 6.10 Å². The van der Waals surface area contributed by atoms with Crippen LogP contribution in [0.3, 0.4) is 0 Å². The molecule has 26 heavy (non-hydrogen) atoms. The maximum absolute atomic E-state index is 12.5. The van der Waals surface area contributed by atoms with Crippen molar-refractivity contribution in [2.45, 2.75) is 39.2 Å². The predicted molar refractivity (Wildman–Crippen MR) is 104 cm³/mol. The number of aromatic nitrogens is 2. The summed E-state index contributed by atoms with van der Waals surface area (Å²) >= 11 is 1.19. The van der Waals surface area contributed by atoms with Crippen LogP contribution in [0.5, 0.6) is 0 Å². The third-order valence-electron chi connectivity index (χ3n) is 4.76. The number of nitrogens with zero attached hydrogens (tertiary/aromatic N) is 3. The summed E-state index contributed by atoms with van der Waals surface area (Å²) in [5, 5.41) is 13.6. The summed E-state index contributed by atoms with van der Waals surface area (Å²) < 4.78 is 4.31. The maximum atomic E-state index is 12.5. The van der Waals surface area contributed by atoms with E-state index < -0.39 is 0 Å². The zero-order valence-corrected chi connectivity index (χ0v) is 16.1. The molecular weight excluding hydrogens is 348 g/mol. The number of hydrogen-bond donors (Lipinski definition) is 2. The lowest BCUT2D eigenvalue weighted by Crippen LogP contribution is -2.43. The van der Waals surface area contributed by atoms with Gasteiger partial charge in [-0.1, -0.05) is 44.2 Å². The monoisotopic (exact) mass is 374 g/mol. The summed E-state index contributed by atoms with van der Waals surface area (Å²) in [6.07, 6.45) is 2.24. The molecule has 1 fully saturated rings. The molecular formula is C19H26N4O2S. The molecule has 2 amide bonds. The number of rotatable bonds is 5. The van der Waals surface area contributed by atoms with Crippen LogP contribution in [-0.4, -0.2) is 44.6 Å². The molecule has 2 N–H and O–H groups in total. The van der Waals surface area contributed by atoms with Gasteiger partial charge in [-0.2, -0.15) is 9.36 Å². The SMILES string of the molecule is CC(C)CC(O)C1CCN(C(=O)Nc2nc(-c3ccccc3)ns2)CC1. The first-order valence-electron chi connectivity index (χ1n) is 9.16. The average Bonchev–Trinajstić information content (AvgIpc) is 3.10. The Labute approximate surface area is 158 Å². The number of likely N-dealkylation sites (tertiary alicyclic amines) is 1. The van der Waals surface area contributed by atoms with Crippen LogP contribution in [0, 0.1) is 11.8 Å². The summed E-state index contributed by atoms with van der Waals surface area (Å²) in [5.74, 6) is 1.40. The molecule has 2 aromatic rings. The van der Waals surface area contributed by atoms with Crippen LogP contribution in [0.2, 0.25) is 0 Å². The number of amides is 2. The Morgan fingerprint density at radius 3 is 2.65 bits per heavy atom.